The molecule has 4 heteroatoms. The van der Waals surface area contributed by atoms with Gasteiger partial charge >= 0.3 is 0 Å². The Morgan fingerprint density at radius 2 is 2.43 bits per heavy atom. The number of aliphatic hydroxyl groups is 1. The van der Waals surface area contributed by atoms with Gasteiger partial charge in [0, 0.05) is 6.04 Å². The number of aliphatic hydroxyl groups excluding tert-OH is 1. The van der Waals surface area contributed by atoms with Crippen molar-refractivity contribution in [3.05, 3.63) is 24.0 Å². The van der Waals surface area contributed by atoms with Crippen LogP contribution in [0.5, 0.6) is 0 Å². The number of hydrogen-bond donors (Lipinski definition) is 2. The van der Waals surface area contributed by atoms with E-state index in [-0.39, 0.29) is 12.6 Å². The predicted octanol–water partition coefficient (Wildman–Crippen LogP) is 1.14. The smallest absolute Gasteiger partial charge is 0.140 e. The zero-order chi connectivity index (χ0) is 10.4. The van der Waals surface area contributed by atoms with Crippen LogP contribution in [0, 0.1) is 11.3 Å². The van der Waals surface area contributed by atoms with Crippen LogP contribution < -0.4 is 5.32 Å². The summed E-state index contributed by atoms with van der Waals surface area (Å²) >= 11 is 0. The minimum absolute atomic E-state index is 0.0461. The highest BCUT2D eigenvalue weighted by molar-refractivity contribution is 5.43. The lowest BCUT2D eigenvalue weighted by Gasteiger charge is -2.14. The Bertz CT molecular complexity index is 311. The summed E-state index contributed by atoms with van der Waals surface area (Å²) in [6.07, 6.45) is 2.44. The van der Waals surface area contributed by atoms with Crippen molar-refractivity contribution >= 4 is 5.69 Å². The highest BCUT2D eigenvalue weighted by atomic mass is 16.3. The molecule has 14 heavy (non-hydrogen) atoms. The zero-order valence-corrected chi connectivity index (χ0v) is 8.07. The summed E-state index contributed by atoms with van der Waals surface area (Å²) in [5, 5.41) is 20.6. The first-order valence-corrected chi connectivity index (χ1v) is 4.53. The molecule has 1 rings (SSSR count). The Balaban J connectivity index is 2.64. The van der Waals surface area contributed by atoms with Crippen molar-refractivity contribution in [2.75, 3.05) is 11.9 Å². The second kappa shape index (κ2) is 5.20. The van der Waals surface area contributed by atoms with E-state index in [1.54, 1.807) is 18.3 Å². The monoisotopic (exact) mass is 191 g/mol. The Kier molecular flexibility index (Phi) is 3.89. The second-order valence-corrected chi connectivity index (χ2v) is 2.98. The molecule has 0 saturated carbocycles. The average molecular weight is 191 g/mol. The molecule has 2 N–H and O–H groups in total. The first-order chi connectivity index (χ1) is 6.80. The van der Waals surface area contributed by atoms with E-state index < -0.39 is 0 Å². The van der Waals surface area contributed by atoms with Crippen molar-refractivity contribution in [3.8, 4) is 6.07 Å². The molecule has 0 spiro atoms. The third kappa shape index (κ3) is 2.71. The summed E-state index contributed by atoms with van der Waals surface area (Å²) in [5.74, 6) is 0. The van der Waals surface area contributed by atoms with Crippen LogP contribution in [0.1, 0.15) is 19.0 Å². The van der Waals surface area contributed by atoms with Crippen LogP contribution in [-0.4, -0.2) is 22.7 Å². The highest BCUT2D eigenvalue weighted by Gasteiger charge is 2.03. The van der Waals surface area contributed by atoms with E-state index in [1.807, 2.05) is 13.0 Å². The Morgan fingerprint density at radius 1 is 1.64 bits per heavy atom. The van der Waals surface area contributed by atoms with Crippen molar-refractivity contribution in [1.29, 1.82) is 5.26 Å². The molecule has 0 bridgehead atoms. The van der Waals surface area contributed by atoms with Gasteiger partial charge in [-0.2, -0.15) is 5.26 Å². The number of nitrogens with zero attached hydrogens (tertiary/aromatic N) is 2. The lowest BCUT2D eigenvalue weighted by atomic mass is 10.2. The molecule has 0 aliphatic carbocycles. The fourth-order valence-corrected chi connectivity index (χ4v) is 1.06. The average Bonchev–Trinajstić information content (AvgIpc) is 2.26. The van der Waals surface area contributed by atoms with Gasteiger partial charge in [0.25, 0.3) is 0 Å². The zero-order valence-electron chi connectivity index (χ0n) is 8.07. The van der Waals surface area contributed by atoms with Crippen molar-refractivity contribution in [1.82, 2.24) is 4.98 Å². The molecule has 1 heterocycles. The van der Waals surface area contributed by atoms with Gasteiger partial charge in [-0.1, -0.05) is 6.92 Å². The van der Waals surface area contributed by atoms with Gasteiger partial charge in [0.2, 0.25) is 0 Å². The molecule has 0 aliphatic heterocycles. The van der Waals surface area contributed by atoms with Crippen LogP contribution in [0.4, 0.5) is 5.69 Å². The number of nitrogens with one attached hydrogen (secondary N) is 1. The van der Waals surface area contributed by atoms with Crippen molar-refractivity contribution in [2.45, 2.75) is 19.4 Å². The van der Waals surface area contributed by atoms with Gasteiger partial charge in [-0.25, -0.2) is 4.98 Å². The topological polar surface area (TPSA) is 68.9 Å². The molecule has 4 nitrogen and oxygen atoms in total. The maximum absolute atomic E-state index is 8.95. The normalized spacial score (nSPS) is 11.8. The van der Waals surface area contributed by atoms with Crippen molar-refractivity contribution in [2.24, 2.45) is 0 Å². The number of pyridine rings is 1. The van der Waals surface area contributed by atoms with Crippen LogP contribution in [0.25, 0.3) is 0 Å². The van der Waals surface area contributed by atoms with Gasteiger partial charge in [-0.3, -0.25) is 0 Å². The number of anilines is 1. The van der Waals surface area contributed by atoms with Gasteiger partial charge in [-0.05, 0) is 18.6 Å². The summed E-state index contributed by atoms with van der Waals surface area (Å²) in [6.45, 7) is 2.08. The predicted molar refractivity (Wildman–Crippen MR) is 53.7 cm³/mol. The highest BCUT2D eigenvalue weighted by Crippen LogP contribution is 2.08. The van der Waals surface area contributed by atoms with E-state index in [9.17, 15) is 0 Å². The molecule has 1 unspecified atom stereocenters. The van der Waals surface area contributed by atoms with E-state index >= 15 is 0 Å². The van der Waals surface area contributed by atoms with Gasteiger partial charge in [0.1, 0.15) is 11.8 Å². The van der Waals surface area contributed by atoms with Crippen molar-refractivity contribution < 1.29 is 5.11 Å². The standard InChI is InChI=1S/C10H13N3O/c1-2-8(7-14)13-10-4-3-9(5-11)12-6-10/h3-4,6,8,13-14H,2,7H2,1H3. The molecular weight excluding hydrogens is 178 g/mol. The van der Waals surface area contributed by atoms with Crippen molar-refractivity contribution in [3.63, 3.8) is 0 Å². The van der Waals surface area contributed by atoms with E-state index in [0.29, 0.717) is 5.69 Å². The fraction of sp³-hybridized carbons (Fsp3) is 0.400. The molecule has 1 aromatic rings. The minimum Gasteiger partial charge on any atom is -0.394 e. The van der Waals surface area contributed by atoms with Gasteiger partial charge in [0.15, 0.2) is 0 Å². The van der Waals surface area contributed by atoms with Gasteiger partial charge < -0.3 is 10.4 Å². The number of nitriles is 1. The minimum atomic E-state index is 0.0461. The van der Waals surface area contributed by atoms with Gasteiger partial charge in [0.05, 0.1) is 18.5 Å². The molecule has 0 fully saturated rings. The Hall–Kier alpha value is -1.60. The maximum Gasteiger partial charge on any atom is 0.140 e. The first kappa shape index (κ1) is 10.5. The van der Waals surface area contributed by atoms with E-state index in [4.69, 9.17) is 10.4 Å². The molecule has 0 saturated heterocycles. The number of aromatic nitrogens is 1. The van der Waals surface area contributed by atoms with E-state index in [1.165, 1.54) is 0 Å². The molecule has 0 radical (unpaired) electrons. The van der Waals surface area contributed by atoms with Crippen LogP contribution in [0.15, 0.2) is 18.3 Å². The molecule has 1 aromatic heterocycles. The third-order valence-electron chi connectivity index (χ3n) is 1.96. The Morgan fingerprint density at radius 3 is 2.86 bits per heavy atom. The first-order valence-electron chi connectivity index (χ1n) is 4.53. The van der Waals surface area contributed by atoms with E-state index in [0.717, 1.165) is 12.1 Å². The molecule has 1 atom stereocenters. The largest absolute Gasteiger partial charge is 0.394 e. The van der Waals surface area contributed by atoms with Crippen LogP contribution in [0.2, 0.25) is 0 Å². The molecule has 74 valence electrons. The summed E-state index contributed by atoms with van der Waals surface area (Å²) in [6, 6.07) is 5.42. The Labute approximate surface area is 83.2 Å². The van der Waals surface area contributed by atoms with Crippen LogP contribution >= 0.6 is 0 Å². The lowest BCUT2D eigenvalue weighted by Crippen LogP contribution is -2.22. The lowest BCUT2D eigenvalue weighted by molar-refractivity contribution is 0.272. The summed E-state index contributed by atoms with van der Waals surface area (Å²) in [7, 11) is 0. The van der Waals surface area contributed by atoms with E-state index in [2.05, 4.69) is 10.3 Å². The molecule has 0 amide bonds. The third-order valence-corrected chi connectivity index (χ3v) is 1.96. The SMILES string of the molecule is CCC(CO)Nc1ccc(C#N)nc1. The quantitative estimate of drug-likeness (QED) is 0.748. The summed E-state index contributed by atoms with van der Waals surface area (Å²) < 4.78 is 0. The molecule has 0 aromatic carbocycles. The molecular formula is C10H13N3O. The van der Waals surface area contributed by atoms with Crippen LogP contribution in [0.3, 0.4) is 0 Å². The van der Waals surface area contributed by atoms with Crippen LogP contribution in [-0.2, 0) is 0 Å². The summed E-state index contributed by atoms with van der Waals surface area (Å²) in [5.41, 5.74) is 1.22. The fourth-order valence-electron chi connectivity index (χ4n) is 1.06. The second-order valence-electron chi connectivity index (χ2n) is 2.98. The number of rotatable bonds is 4. The summed E-state index contributed by atoms with van der Waals surface area (Å²) in [4.78, 5) is 3.91. The van der Waals surface area contributed by atoms with Gasteiger partial charge in [-0.15, -0.1) is 0 Å². The maximum atomic E-state index is 8.95. The molecule has 0 aliphatic rings. The number of hydrogen-bond acceptors (Lipinski definition) is 4.